The zero-order valence-corrected chi connectivity index (χ0v) is 22.1. The molecule has 3 aromatic carbocycles. The Morgan fingerprint density at radius 1 is 1.05 bits per heavy atom. The van der Waals surface area contributed by atoms with Gasteiger partial charge in [0.25, 0.3) is 11.7 Å². The third-order valence-electron chi connectivity index (χ3n) is 6.60. The number of rotatable bonds is 7. The molecule has 1 atom stereocenters. The molecule has 6 nitrogen and oxygen atoms in total. The zero-order chi connectivity index (χ0) is 27.7. The number of aliphatic hydroxyl groups is 1. The molecule has 1 aliphatic heterocycles. The number of anilines is 2. The molecule has 0 aliphatic carbocycles. The number of halogens is 3. The molecule has 0 aromatic heterocycles. The van der Waals surface area contributed by atoms with Crippen LogP contribution in [0.3, 0.4) is 0 Å². The molecule has 1 N–H and O–H groups in total. The number of amides is 1. The second-order valence-electron chi connectivity index (χ2n) is 8.86. The smallest absolute Gasteiger partial charge is 0.300 e. The van der Waals surface area contributed by atoms with Crippen molar-refractivity contribution in [2.45, 2.75) is 26.8 Å². The molecule has 3 aromatic rings. The average molecular weight is 541 g/mol. The van der Waals surface area contributed by atoms with Crippen LogP contribution in [-0.4, -0.2) is 37.0 Å². The van der Waals surface area contributed by atoms with E-state index in [-0.39, 0.29) is 27.6 Å². The van der Waals surface area contributed by atoms with E-state index in [1.54, 1.807) is 31.2 Å². The molecule has 0 bridgehead atoms. The Labute approximate surface area is 224 Å². The van der Waals surface area contributed by atoms with E-state index in [4.69, 9.17) is 16.3 Å². The minimum absolute atomic E-state index is 0.111. The Morgan fingerprint density at radius 2 is 1.71 bits per heavy atom. The minimum Gasteiger partial charge on any atom is -0.507 e. The highest BCUT2D eigenvalue weighted by molar-refractivity contribution is 6.51. The van der Waals surface area contributed by atoms with E-state index in [2.05, 4.69) is 4.90 Å². The monoisotopic (exact) mass is 540 g/mol. The van der Waals surface area contributed by atoms with E-state index in [1.165, 1.54) is 7.11 Å². The predicted octanol–water partition coefficient (Wildman–Crippen LogP) is 6.41. The van der Waals surface area contributed by atoms with Crippen LogP contribution in [0.5, 0.6) is 5.75 Å². The van der Waals surface area contributed by atoms with Crippen LogP contribution in [0.2, 0.25) is 5.02 Å². The molecule has 1 unspecified atom stereocenters. The fraction of sp³-hybridized carbons (Fsp3) is 0.241. The second kappa shape index (κ2) is 10.8. The summed E-state index contributed by atoms with van der Waals surface area (Å²) in [5.41, 5.74) is 1.59. The highest BCUT2D eigenvalue weighted by atomic mass is 35.5. The number of nitrogens with zero attached hydrogens (tertiary/aromatic N) is 2. The van der Waals surface area contributed by atoms with Gasteiger partial charge in [-0.3, -0.25) is 14.5 Å². The van der Waals surface area contributed by atoms with E-state index in [1.807, 2.05) is 26.0 Å². The summed E-state index contributed by atoms with van der Waals surface area (Å²) < 4.78 is 34.1. The number of Topliss-reactive ketones (excluding diaryl/α,β-unsaturated/α-hetero) is 1. The van der Waals surface area contributed by atoms with E-state index >= 15 is 0 Å². The van der Waals surface area contributed by atoms with Gasteiger partial charge in [-0.05, 0) is 68.3 Å². The summed E-state index contributed by atoms with van der Waals surface area (Å²) in [5.74, 6) is -4.34. The lowest BCUT2D eigenvalue weighted by molar-refractivity contribution is -0.132. The first kappa shape index (κ1) is 27.1. The number of hydrogen-bond acceptors (Lipinski definition) is 5. The van der Waals surface area contributed by atoms with E-state index < -0.39 is 35.1 Å². The molecular weight excluding hydrogens is 514 g/mol. The van der Waals surface area contributed by atoms with Crippen LogP contribution in [0.4, 0.5) is 20.2 Å². The molecular formula is C29H27ClF2N2O4. The summed E-state index contributed by atoms with van der Waals surface area (Å²) in [4.78, 5) is 29.8. The molecule has 1 saturated heterocycles. The Bertz CT molecular complexity index is 1440. The van der Waals surface area contributed by atoms with Gasteiger partial charge in [0.1, 0.15) is 23.1 Å². The Balaban J connectivity index is 1.99. The van der Waals surface area contributed by atoms with Gasteiger partial charge in [-0.15, -0.1) is 0 Å². The second-order valence-corrected chi connectivity index (χ2v) is 9.26. The van der Waals surface area contributed by atoms with Crippen LogP contribution in [0.15, 0.2) is 60.2 Å². The zero-order valence-electron chi connectivity index (χ0n) is 21.4. The molecule has 4 rings (SSSR count). The maximum atomic E-state index is 15.0. The lowest BCUT2D eigenvalue weighted by atomic mass is 9.94. The molecule has 198 valence electrons. The van der Waals surface area contributed by atoms with E-state index in [0.29, 0.717) is 17.2 Å². The van der Waals surface area contributed by atoms with Crippen molar-refractivity contribution >= 4 is 40.4 Å². The number of methoxy groups -OCH3 is 1. The quantitative estimate of drug-likeness (QED) is 0.213. The van der Waals surface area contributed by atoms with Gasteiger partial charge in [0.05, 0.1) is 35.0 Å². The van der Waals surface area contributed by atoms with Gasteiger partial charge in [-0.25, -0.2) is 8.78 Å². The Morgan fingerprint density at radius 3 is 2.29 bits per heavy atom. The minimum atomic E-state index is -1.20. The van der Waals surface area contributed by atoms with Crippen molar-refractivity contribution in [2.24, 2.45) is 0 Å². The Hall–Kier alpha value is -3.91. The highest BCUT2D eigenvalue weighted by Crippen LogP contribution is 2.45. The maximum Gasteiger partial charge on any atom is 0.300 e. The topological polar surface area (TPSA) is 70.1 Å². The summed E-state index contributed by atoms with van der Waals surface area (Å²) in [6.45, 7) is 7.32. The van der Waals surface area contributed by atoms with Gasteiger partial charge in [-0.2, -0.15) is 0 Å². The van der Waals surface area contributed by atoms with Gasteiger partial charge in [0, 0.05) is 24.8 Å². The molecule has 0 radical (unpaired) electrons. The molecule has 1 aliphatic rings. The van der Waals surface area contributed by atoms with Crippen molar-refractivity contribution in [3.63, 3.8) is 0 Å². The predicted molar refractivity (Wildman–Crippen MR) is 144 cm³/mol. The molecule has 9 heteroatoms. The number of benzene rings is 3. The first-order valence-corrected chi connectivity index (χ1v) is 12.5. The van der Waals surface area contributed by atoms with E-state index in [9.17, 15) is 23.5 Å². The number of carbonyl (C=O) groups is 2. The summed E-state index contributed by atoms with van der Waals surface area (Å²) >= 11 is 6.33. The lowest BCUT2D eigenvalue weighted by Gasteiger charge is -2.27. The normalized spacial score (nSPS) is 16.7. The van der Waals surface area contributed by atoms with Crippen LogP contribution in [0, 0.1) is 18.6 Å². The molecule has 0 saturated carbocycles. The number of ketones is 1. The molecule has 0 spiro atoms. The number of carbonyl (C=O) groups excluding carboxylic acids is 2. The van der Waals surface area contributed by atoms with Crippen LogP contribution in [-0.2, 0) is 9.59 Å². The number of hydrogen-bond donors (Lipinski definition) is 1. The average Bonchev–Trinajstić information content (AvgIpc) is 3.14. The lowest BCUT2D eigenvalue weighted by Crippen LogP contribution is -2.30. The van der Waals surface area contributed by atoms with Crippen molar-refractivity contribution < 1.29 is 28.2 Å². The van der Waals surface area contributed by atoms with Gasteiger partial charge >= 0.3 is 0 Å². The van der Waals surface area contributed by atoms with Crippen LogP contribution in [0.1, 0.15) is 36.6 Å². The summed E-state index contributed by atoms with van der Waals surface area (Å²) in [6.07, 6.45) is 0. The SMILES string of the molecule is CCN(CC)c1ccc(C2/C(=C(\O)c3cc(C)cc(Cl)c3OC)C(=O)C(=O)N2c2ccc(F)cc2F)cc1. The third kappa shape index (κ3) is 4.72. The standard InChI is InChI=1S/C29H27ClF2N2O4/c1-5-33(6-2)19-10-7-17(8-11-19)25-24(26(35)20-13-16(3)14-21(30)28(20)38-4)27(36)29(37)34(25)23-12-9-18(31)15-22(23)32/h7-15,25,35H,5-6H2,1-4H3/b26-24+. The van der Waals surface area contributed by atoms with Gasteiger partial charge in [0.2, 0.25) is 0 Å². The van der Waals surface area contributed by atoms with Crippen molar-refractivity contribution in [1.82, 2.24) is 0 Å². The summed E-state index contributed by atoms with van der Waals surface area (Å²) in [6, 6.07) is 11.8. The first-order valence-electron chi connectivity index (χ1n) is 12.1. The number of aliphatic hydroxyl groups excluding tert-OH is 1. The van der Waals surface area contributed by atoms with Gasteiger partial charge < -0.3 is 14.7 Å². The fourth-order valence-electron chi connectivity index (χ4n) is 4.79. The van der Waals surface area contributed by atoms with Crippen LogP contribution >= 0.6 is 11.6 Å². The summed E-state index contributed by atoms with van der Waals surface area (Å²) in [7, 11) is 1.36. The highest BCUT2D eigenvalue weighted by Gasteiger charge is 2.48. The largest absolute Gasteiger partial charge is 0.507 e. The third-order valence-corrected chi connectivity index (χ3v) is 6.88. The number of ether oxygens (including phenoxy) is 1. The molecule has 1 fully saturated rings. The summed E-state index contributed by atoms with van der Waals surface area (Å²) in [5, 5.41) is 11.7. The van der Waals surface area contributed by atoms with Crippen molar-refractivity contribution in [3.05, 3.63) is 93.5 Å². The van der Waals surface area contributed by atoms with Crippen molar-refractivity contribution in [3.8, 4) is 5.75 Å². The van der Waals surface area contributed by atoms with Crippen LogP contribution < -0.4 is 14.5 Å². The van der Waals surface area contributed by atoms with Gasteiger partial charge in [-0.1, -0.05) is 23.7 Å². The maximum absolute atomic E-state index is 15.0. The fourth-order valence-corrected chi connectivity index (χ4v) is 5.14. The molecule has 1 amide bonds. The Kier molecular flexibility index (Phi) is 7.73. The number of aryl methyl sites for hydroxylation is 1. The van der Waals surface area contributed by atoms with Crippen LogP contribution in [0.25, 0.3) is 5.76 Å². The van der Waals surface area contributed by atoms with Crippen molar-refractivity contribution in [1.29, 1.82) is 0 Å². The van der Waals surface area contributed by atoms with Gasteiger partial charge in [0.15, 0.2) is 0 Å². The molecule has 1 heterocycles. The van der Waals surface area contributed by atoms with Crippen molar-refractivity contribution in [2.75, 3.05) is 30.0 Å². The van der Waals surface area contributed by atoms with E-state index in [0.717, 1.165) is 35.8 Å². The first-order chi connectivity index (χ1) is 18.1. The molecule has 38 heavy (non-hydrogen) atoms.